The van der Waals surface area contributed by atoms with E-state index in [2.05, 4.69) is 9.97 Å². The second kappa shape index (κ2) is 5.19. The number of amidine groups is 1. The summed E-state index contributed by atoms with van der Waals surface area (Å²) in [5.41, 5.74) is 3.34. The molecule has 3 N–H and O–H groups in total. The van der Waals surface area contributed by atoms with Crippen molar-refractivity contribution in [2.24, 2.45) is 0 Å². The highest BCUT2D eigenvalue weighted by molar-refractivity contribution is 6.30. The number of aliphatic hydroxyl groups excluding tert-OH is 1. The van der Waals surface area contributed by atoms with E-state index in [4.69, 9.17) is 5.41 Å². The molecule has 5 nitrogen and oxygen atoms in total. The zero-order chi connectivity index (χ0) is 16.8. The lowest BCUT2D eigenvalue weighted by atomic mass is 10.1. The van der Waals surface area contributed by atoms with Gasteiger partial charge < -0.3 is 15.0 Å². The van der Waals surface area contributed by atoms with Crippen LogP contribution in [-0.2, 0) is 0 Å². The van der Waals surface area contributed by atoms with Gasteiger partial charge in [0.15, 0.2) is 0 Å². The molecule has 0 bridgehead atoms. The molecule has 2 heterocycles. The van der Waals surface area contributed by atoms with Gasteiger partial charge in [-0.05, 0) is 36.8 Å². The van der Waals surface area contributed by atoms with Crippen molar-refractivity contribution in [2.45, 2.75) is 6.92 Å². The van der Waals surface area contributed by atoms with Crippen LogP contribution in [-0.4, -0.2) is 27.5 Å². The number of nitrogens with zero attached hydrogens (tertiary/aromatic N) is 2. The van der Waals surface area contributed by atoms with Gasteiger partial charge in [-0.3, -0.25) is 5.41 Å². The van der Waals surface area contributed by atoms with Gasteiger partial charge in [-0.2, -0.15) is 0 Å². The van der Waals surface area contributed by atoms with Crippen LogP contribution in [0.4, 0.5) is 10.1 Å². The monoisotopic (exact) mass is 322 g/mol. The summed E-state index contributed by atoms with van der Waals surface area (Å²) in [6.45, 7) is 1.97. The number of rotatable bonds is 2. The maximum atomic E-state index is 13.6. The molecule has 1 aliphatic heterocycles. The highest BCUT2D eigenvalue weighted by atomic mass is 19.1. The number of fused-ring (bicyclic) bond motifs is 1. The minimum absolute atomic E-state index is 0.0442. The molecular formula is C18H15FN4O. The molecule has 0 radical (unpaired) electrons. The minimum atomic E-state index is -0.375. The second-order valence-corrected chi connectivity index (χ2v) is 5.79. The molecule has 0 saturated heterocycles. The number of anilines is 1. The Labute approximate surface area is 137 Å². The topological polar surface area (TPSA) is 76.0 Å². The number of imidazole rings is 1. The van der Waals surface area contributed by atoms with Crippen molar-refractivity contribution in [3.05, 3.63) is 65.4 Å². The summed E-state index contributed by atoms with van der Waals surface area (Å²) < 4.78 is 13.6. The van der Waals surface area contributed by atoms with Crippen LogP contribution in [0.25, 0.3) is 16.6 Å². The first-order valence-corrected chi connectivity index (χ1v) is 7.54. The van der Waals surface area contributed by atoms with Crippen LogP contribution < -0.4 is 4.90 Å². The third-order valence-electron chi connectivity index (χ3n) is 4.19. The van der Waals surface area contributed by atoms with Crippen molar-refractivity contribution in [1.82, 2.24) is 9.97 Å². The summed E-state index contributed by atoms with van der Waals surface area (Å²) in [5.74, 6) is 0.207. The van der Waals surface area contributed by atoms with Crippen molar-refractivity contribution >= 4 is 28.1 Å². The number of para-hydroxylation sites is 2. The van der Waals surface area contributed by atoms with Crippen LogP contribution in [0.15, 0.2) is 48.2 Å². The van der Waals surface area contributed by atoms with Crippen LogP contribution in [0.5, 0.6) is 0 Å². The molecule has 4 rings (SSSR count). The lowest BCUT2D eigenvalue weighted by molar-refractivity contribution is 0.411. The predicted octanol–water partition coefficient (Wildman–Crippen LogP) is 3.78. The highest BCUT2D eigenvalue weighted by Crippen LogP contribution is 2.32. The van der Waals surface area contributed by atoms with Crippen LogP contribution >= 0.6 is 0 Å². The molecular weight excluding hydrogens is 307 g/mol. The number of aliphatic hydroxyl groups is 1. The van der Waals surface area contributed by atoms with Crippen molar-refractivity contribution in [3.8, 4) is 0 Å². The second-order valence-electron chi connectivity index (χ2n) is 5.79. The average molecular weight is 322 g/mol. The Hall–Kier alpha value is -3.15. The van der Waals surface area contributed by atoms with Crippen LogP contribution in [0.1, 0.15) is 11.4 Å². The number of H-pyrrole nitrogens is 1. The first-order valence-electron chi connectivity index (χ1n) is 7.54. The maximum absolute atomic E-state index is 13.6. The molecule has 0 fully saturated rings. The molecule has 0 unspecified atom stereocenters. The Morgan fingerprint density at radius 2 is 2.04 bits per heavy atom. The molecule has 0 atom stereocenters. The number of benzene rings is 2. The molecule has 1 aliphatic rings. The zero-order valence-electron chi connectivity index (χ0n) is 13.0. The number of nitrogens with one attached hydrogen (secondary N) is 2. The molecule has 0 saturated carbocycles. The molecule has 24 heavy (non-hydrogen) atoms. The Morgan fingerprint density at radius 3 is 2.83 bits per heavy atom. The van der Waals surface area contributed by atoms with Gasteiger partial charge in [-0.15, -0.1) is 0 Å². The molecule has 0 spiro atoms. The van der Waals surface area contributed by atoms with Gasteiger partial charge >= 0.3 is 0 Å². The fraction of sp³-hybridized carbons (Fsp3) is 0.111. The van der Waals surface area contributed by atoms with E-state index >= 15 is 0 Å². The third kappa shape index (κ3) is 2.15. The van der Waals surface area contributed by atoms with Crippen LogP contribution in [0, 0.1) is 18.2 Å². The van der Waals surface area contributed by atoms with Gasteiger partial charge in [-0.1, -0.05) is 18.2 Å². The first kappa shape index (κ1) is 14.4. The molecule has 6 heteroatoms. The summed E-state index contributed by atoms with van der Waals surface area (Å²) in [7, 11) is 0. The standard InChI is InChI=1S/C18H15FN4O/c1-10-6-7-11(19)8-14(10)23-9-15(24)16(17(23)20)18-21-12-4-2-3-5-13(12)22-18/h2-8,20,24H,9H2,1H3,(H,21,22). The number of hydrogen-bond acceptors (Lipinski definition) is 3. The van der Waals surface area contributed by atoms with E-state index in [1.165, 1.54) is 12.1 Å². The lowest BCUT2D eigenvalue weighted by Gasteiger charge is -2.20. The molecule has 0 aliphatic carbocycles. The van der Waals surface area contributed by atoms with E-state index < -0.39 is 0 Å². The molecule has 1 aromatic heterocycles. The Bertz CT molecular complexity index is 972. The first-order chi connectivity index (χ1) is 11.5. The largest absolute Gasteiger partial charge is 0.509 e. The normalized spacial score (nSPS) is 14.9. The van der Waals surface area contributed by atoms with Gasteiger partial charge in [-0.25, -0.2) is 9.37 Å². The molecule has 3 aromatic rings. The molecule has 2 aromatic carbocycles. The van der Waals surface area contributed by atoms with E-state index in [0.29, 0.717) is 17.1 Å². The van der Waals surface area contributed by atoms with E-state index in [9.17, 15) is 9.50 Å². The third-order valence-corrected chi connectivity index (χ3v) is 4.19. The van der Waals surface area contributed by atoms with Crippen molar-refractivity contribution in [1.29, 1.82) is 5.41 Å². The smallest absolute Gasteiger partial charge is 0.145 e. The number of aryl methyl sites for hydroxylation is 1. The Morgan fingerprint density at radius 1 is 1.25 bits per heavy atom. The SMILES string of the molecule is Cc1ccc(F)cc1N1CC(O)=C(c2nc3ccccc3[nH]2)C1=N. The minimum Gasteiger partial charge on any atom is -0.509 e. The van der Waals surface area contributed by atoms with Gasteiger partial charge in [0.25, 0.3) is 0 Å². The quantitative estimate of drug-likeness (QED) is 0.672. The van der Waals surface area contributed by atoms with E-state index in [0.717, 1.165) is 16.6 Å². The summed E-state index contributed by atoms with van der Waals surface area (Å²) in [6.07, 6.45) is 0. The number of aromatic amines is 1. The van der Waals surface area contributed by atoms with E-state index in [-0.39, 0.29) is 24.0 Å². The summed E-state index contributed by atoms with van der Waals surface area (Å²) in [4.78, 5) is 9.15. The fourth-order valence-electron chi connectivity index (χ4n) is 2.98. The van der Waals surface area contributed by atoms with Gasteiger partial charge in [0, 0.05) is 5.69 Å². The van der Waals surface area contributed by atoms with Crippen molar-refractivity contribution in [3.63, 3.8) is 0 Å². The van der Waals surface area contributed by atoms with Crippen LogP contribution in [0.2, 0.25) is 0 Å². The Balaban J connectivity index is 1.76. The maximum Gasteiger partial charge on any atom is 0.145 e. The zero-order valence-corrected chi connectivity index (χ0v) is 13.0. The van der Waals surface area contributed by atoms with Gasteiger partial charge in [0.1, 0.15) is 23.2 Å². The van der Waals surface area contributed by atoms with Gasteiger partial charge in [0.2, 0.25) is 0 Å². The number of halogens is 1. The number of aromatic nitrogens is 2. The number of hydrogen-bond donors (Lipinski definition) is 3. The lowest BCUT2D eigenvalue weighted by Crippen LogP contribution is -2.27. The molecule has 0 amide bonds. The predicted molar refractivity (Wildman–Crippen MR) is 91.9 cm³/mol. The van der Waals surface area contributed by atoms with E-state index in [1.807, 2.05) is 31.2 Å². The summed E-state index contributed by atoms with van der Waals surface area (Å²) in [6, 6.07) is 11.9. The average Bonchev–Trinajstić information content (AvgIpc) is 3.10. The highest BCUT2D eigenvalue weighted by Gasteiger charge is 2.32. The van der Waals surface area contributed by atoms with E-state index in [1.54, 1.807) is 11.0 Å². The van der Waals surface area contributed by atoms with Gasteiger partial charge in [0.05, 0.1) is 23.2 Å². The van der Waals surface area contributed by atoms with Crippen molar-refractivity contribution < 1.29 is 9.50 Å². The molecule has 120 valence electrons. The fourth-order valence-corrected chi connectivity index (χ4v) is 2.98. The Kier molecular flexibility index (Phi) is 3.13. The van der Waals surface area contributed by atoms with Crippen molar-refractivity contribution in [2.75, 3.05) is 11.4 Å². The summed E-state index contributed by atoms with van der Waals surface area (Å²) in [5, 5.41) is 18.8. The summed E-state index contributed by atoms with van der Waals surface area (Å²) >= 11 is 0. The van der Waals surface area contributed by atoms with Crippen LogP contribution in [0.3, 0.4) is 0 Å².